The van der Waals surface area contributed by atoms with E-state index in [0.29, 0.717) is 0 Å². The maximum Gasteiger partial charge on any atom is 0.122 e. The van der Waals surface area contributed by atoms with Crippen molar-refractivity contribution in [3.05, 3.63) is 76.9 Å². The predicted octanol–water partition coefficient (Wildman–Crippen LogP) is 4.79. The number of hydrogen-bond donors (Lipinski definition) is 0. The van der Waals surface area contributed by atoms with Gasteiger partial charge in [0.05, 0.1) is 7.11 Å². The molecule has 120 valence electrons. The summed E-state index contributed by atoms with van der Waals surface area (Å²) < 4.78 is 5.47. The van der Waals surface area contributed by atoms with Gasteiger partial charge in [-0.1, -0.05) is 42.5 Å². The van der Waals surface area contributed by atoms with Gasteiger partial charge in [-0.05, 0) is 41.0 Å². The van der Waals surface area contributed by atoms with Crippen molar-refractivity contribution in [1.82, 2.24) is 4.90 Å². The van der Waals surface area contributed by atoms with Crippen LogP contribution in [0.5, 0.6) is 5.75 Å². The summed E-state index contributed by atoms with van der Waals surface area (Å²) in [7, 11) is 5.60. The second-order valence-corrected chi connectivity index (χ2v) is 6.79. The summed E-state index contributed by atoms with van der Waals surface area (Å²) in [4.78, 5) is 2.37. The molecule has 24 heavy (non-hydrogen) atoms. The Kier molecular flexibility index (Phi) is 3.88. The van der Waals surface area contributed by atoms with Crippen LogP contribution in [0, 0.1) is 6.92 Å². The van der Waals surface area contributed by atoms with Crippen molar-refractivity contribution in [2.75, 3.05) is 7.11 Å². The van der Waals surface area contributed by atoms with Crippen molar-refractivity contribution in [2.45, 2.75) is 20.0 Å². The molecule has 3 aromatic carbocycles. The zero-order chi connectivity index (χ0) is 16.7. The van der Waals surface area contributed by atoms with Crippen LogP contribution in [0.2, 0.25) is 0 Å². The average molecular weight is 333 g/mol. The molecular weight excluding hydrogens is 313 g/mol. The van der Waals surface area contributed by atoms with E-state index in [1.807, 2.05) is 0 Å². The van der Waals surface area contributed by atoms with Gasteiger partial charge in [0.25, 0.3) is 0 Å². The Bertz CT molecular complexity index is 948. The second kappa shape index (κ2) is 6.05. The third-order valence-electron chi connectivity index (χ3n) is 4.82. The van der Waals surface area contributed by atoms with Crippen LogP contribution in [0.4, 0.5) is 0 Å². The van der Waals surface area contributed by atoms with Crippen LogP contribution in [0.25, 0.3) is 10.8 Å². The van der Waals surface area contributed by atoms with E-state index in [0.717, 1.165) is 24.3 Å². The Labute approximate surface area is 144 Å². The molecular formula is C21H20NOP. The zero-order valence-corrected chi connectivity index (χ0v) is 15.0. The molecule has 0 N–H and O–H groups in total. The van der Waals surface area contributed by atoms with Gasteiger partial charge in [0, 0.05) is 29.6 Å². The van der Waals surface area contributed by atoms with E-state index in [9.17, 15) is 0 Å². The van der Waals surface area contributed by atoms with Crippen molar-refractivity contribution in [3.8, 4) is 5.75 Å². The Morgan fingerprint density at radius 3 is 2.62 bits per heavy atom. The van der Waals surface area contributed by atoms with Crippen molar-refractivity contribution in [2.24, 2.45) is 0 Å². The number of fused-ring (bicyclic) bond motifs is 2. The third kappa shape index (κ3) is 2.53. The van der Waals surface area contributed by atoms with E-state index in [4.69, 9.17) is 4.74 Å². The molecule has 0 saturated heterocycles. The van der Waals surface area contributed by atoms with Crippen LogP contribution in [-0.2, 0) is 13.1 Å². The van der Waals surface area contributed by atoms with Gasteiger partial charge in [-0.3, -0.25) is 4.90 Å². The molecule has 0 aliphatic carbocycles. The van der Waals surface area contributed by atoms with Gasteiger partial charge >= 0.3 is 0 Å². The van der Waals surface area contributed by atoms with Gasteiger partial charge in [0.2, 0.25) is 0 Å². The van der Waals surface area contributed by atoms with Crippen molar-refractivity contribution in [3.63, 3.8) is 0 Å². The molecule has 0 bridgehead atoms. The maximum atomic E-state index is 5.47. The van der Waals surface area contributed by atoms with Crippen LogP contribution >= 0.6 is 8.86 Å². The lowest BCUT2D eigenvalue weighted by atomic mass is 10.0. The Hall–Kier alpha value is -2.15. The predicted molar refractivity (Wildman–Crippen MR) is 103 cm³/mol. The Balaban J connectivity index is 1.64. The molecule has 0 unspecified atom stereocenters. The fourth-order valence-corrected chi connectivity index (χ4v) is 4.07. The van der Waals surface area contributed by atoms with Crippen molar-refractivity contribution >= 4 is 25.1 Å². The highest BCUT2D eigenvalue weighted by molar-refractivity contribution is 7.22. The summed E-state index contributed by atoms with van der Waals surface area (Å²) in [5, 5.41) is 2.58. The van der Waals surface area contributed by atoms with Crippen molar-refractivity contribution in [1.29, 1.82) is 0 Å². The molecule has 4 rings (SSSR count). The highest BCUT2D eigenvalue weighted by atomic mass is 31.0. The van der Waals surface area contributed by atoms with Gasteiger partial charge < -0.3 is 4.74 Å². The minimum Gasteiger partial charge on any atom is -0.496 e. The fraction of sp³-hybridized carbons (Fsp3) is 0.190. The molecule has 1 heterocycles. The maximum absolute atomic E-state index is 5.47. The van der Waals surface area contributed by atoms with E-state index in [1.165, 1.54) is 33.0 Å². The summed E-state index contributed by atoms with van der Waals surface area (Å²) in [5.74, 6) is 0.942. The van der Waals surface area contributed by atoms with E-state index in [-0.39, 0.29) is 0 Å². The first-order valence-corrected chi connectivity index (χ1v) is 8.65. The molecule has 2 nitrogen and oxygen atoms in total. The van der Waals surface area contributed by atoms with Crippen molar-refractivity contribution < 1.29 is 4.74 Å². The summed E-state index contributed by atoms with van der Waals surface area (Å²) >= 11 is 0. The molecule has 0 radical (unpaired) electrons. The highest BCUT2D eigenvalue weighted by Gasteiger charge is 2.26. The summed E-state index contributed by atoms with van der Waals surface area (Å²) in [6.45, 7) is 3.93. The lowest BCUT2D eigenvalue weighted by molar-refractivity contribution is 0.411. The van der Waals surface area contributed by atoms with Crippen LogP contribution in [-0.4, -0.2) is 17.4 Å². The first-order valence-electron chi connectivity index (χ1n) is 8.15. The molecule has 1 aliphatic heterocycles. The Morgan fingerprint density at radius 1 is 1.04 bits per heavy atom. The van der Waals surface area contributed by atoms with Gasteiger partial charge in [0.1, 0.15) is 5.75 Å². The standard InChI is InChI=1S/C21H20NOP/c1-14-19(23-2)10-9-18-13-22(21(24)20(14)18)12-15-7-8-16-5-3-4-6-17(16)11-15/h3-11,24H,12-13H2,1-2H3. The molecule has 0 atom stereocenters. The minimum atomic E-state index is 0.889. The topological polar surface area (TPSA) is 12.5 Å². The number of hydrogen-bond acceptors (Lipinski definition) is 1. The third-order valence-corrected chi connectivity index (χ3v) is 5.39. The number of ether oxygens (including phenoxy) is 1. The van der Waals surface area contributed by atoms with Gasteiger partial charge in [0.15, 0.2) is 0 Å². The van der Waals surface area contributed by atoms with Crippen LogP contribution in [0.1, 0.15) is 22.3 Å². The molecule has 3 aromatic rings. The molecule has 3 heteroatoms. The molecule has 0 fully saturated rings. The molecule has 0 amide bonds. The first kappa shape index (κ1) is 15.4. The molecule has 0 aromatic heterocycles. The minimum absolute atomic E-state index is 0.889. The monoisotopic (exact) mass is 333 g/mol. The zero-order valence-electron chi connectivity index (χ0n) is 14.0. The van der Waals surface area contributed by atoms with E-state index in [2.05, 4.69) is 75.3 Å². The second-order valence-electron chi connectivity index (χ2n) is 6.31. The van der Waals surface area contributed by atoms with Gasteiger partial charge in [-0.15, -0.1) is 8.86 Å². The molecule has 0 spiro atoms. The summed E-state index contributed by atoms with van der Waals surface area (Å²) in [6, 6.07) is 19.4. The van der Waals surface area contributed by atoms with Crippen LogP contribution in [0.3, 0.4) is 0 Å². The number of benzene rings is 3. The first-order chi connectivity index (χ1) is 11.7. The number of methoxy groups -OCH3 is 1. The average Bonchev–Trinajstić information content (AvgIpc) is 2.92. The normalized spacial score (nSPS) is 14.2. The summed E-state index contributed by atoms with van der Waals surface area (Å²) in [6.07, 6.45) is 0. The molecule has 0 saturated carbocycles. The van der Waals surface area contributed by atoms with E-state index >= 15 is 0 Å². The lowest BCUT2D eigenvalue weighted by Gasteiger charge is -2.17. The van der Waals surface area contributed by atoms with Crippen LogP contribution < -0.4 is 4.74 Å². The molecule has 1 aliphatic rings. The largest absolute Gasteiger partial charge is 0.496 e. The van der Waals surface area contributed by atoms with Gasteiger partial charge in [-0.25, -0.2) is 0 Å². The number of rotatable bonds is 3. The quantitative estimate of drug-likeness (QED) is 0.639. The van der Waals surface area contributed by atoms with E-state index in [1.54, 1.807) is 7.11 Å². The van der Waals surface area contributed by atoms with E-state index < -0.39 is 0 Å². The smallest absolute Gasteiger partial charge is 0.122 e. The number of nitrogens with zero attached hydrogens (tertiary/aromatic N) is 1. The van der Waals surface area contributed by atoms with Gasteiger partial charge in [-0.2, -0.15) is 0 Å². The van der Waals surface area contributed by atoms with Crippen LogP contribution in [0.15, 0.2) is 54.6 Å². The SMILES string of the molecule is COc1ccc2c(c1C)C(=P)N(Cc1ccc3ccccc3c1)C2. The highest BCUT2D eigenvalue weighted by Crippen LogP contribution is 2.33. The fourth-order valence-electron chi connectivity index (χ4n) is 3.57. The Morgan fingerprint density at radius 2 is 1.83 bits per heavy atom. The lowest BCUT2D eigenvalue weighted by Crippen LogP contribution is -2.22. The summed E-state index contributed by atoms with van der Waals surface area (Å²) in [5.41, 5.74) is 6.28.